The molecular formula is C12H17NO3. The van der Waals surface area contributed by atoms with Crippen LogP contribution in [0.25, 0.3) is 0 Å². The van der Waals surface area contributed by atoms with E-state index in [1.807, 2.05) is 0 Å². The number of rotatable bonds is 3. The second kappa shape index (κ2) is 4.56. The Morgan fingerprint density at radius 1 is 1.62 bits per heavy atom. The van der Waals surface area contributed by atoms with Crippen LogP contribution in [0, 0.1) is 12.3 Å². The van der Waals surface area contributed by atoms with E-state index in [1.165, 1.54) is 4.90 Å². The van der Waals surface area contributed by atoms with Crippen LogP contribution in [0.3, 0.4) is 0 Å². The molecule has 1 aliphatic rings. The molecule has 1 heterocycles. The number of esters is 1. The number of hydrogen-bond acceptors (Lipinski definition) is 3. The normalized spacial score (nSPS) is 20.0. The lowest BCUT2D eigenvalue weighted by atomic mass is 9.99. The van der Waals surface area contributed by atoms with Crippen LogP contribution in [0.5, 0.6) is 0 Å². The number of nitrogens with zero attached hydrogens (tertiary/aromatic N) is 1. The average molecular weight is 223 g/mol. The van der Waals surface area contributed by atoms with E-state index in [1.54, 1.807) is 20.8 Å². The Morgan fingerprint density at radius 2 is 2.25 bits per heavy atom. The molecule has 0 aromatic heterocycles. The minimum atomic E-state index is -0.521. The highest BCUT2D eigenvalue weighted by Crippen LogP contribution is 2.22. The van der Waals surface area contributed by atoms with Crippen LogP contribution < -0.4 is 0 Å². The molecule has 1 atom stereocenters. The number of carbonyl (C=O) groups is 2. The predicted octanol–water partition coefficient (Wildman–Crippen LogP) is 0.952. The van der Waals surface area contributed by atoms with Gasteiger partial charge in [-0.05, 0) is 20.8 Å². The second-order valence-electron chi connectivity index (χ2n) is 4.87. The fourth-order valence-electron chi connectivity index (χ4n) is 1.57. The first kappa shape index (κ1) is 12.6. The molecule has 1 fully saturated rings. The molecule has 0 radical (unpaired) electrons. The van der Waals surface area contributed by atoms with Gasteiger partial charge in [0.25, 0.3) is 0 Å². The van der Waals surface area contributed by atoms with Crippen LogP contribution in [0.15, 0.2) is 0 Å². The topological polar surface area (TPSA) is 46.6 Å². The largest absolute Gasteiger partial charge is 0.459 e. The lowest BCUT2D eigenvalue weighted by molar-refractivity contribution is -0.164. The van der Waals surface area contributed by atoms with Gasteiger partial charge in [-0.3, -0.25) is 9.59 Å². The molecule has 1 amide bonds. The van der Waals surface area contributed by atoms with Crippen molar-refractivity contribution in [3.8, 4) is 12.3 Å². The Bertz CT molecular complexity index is 335. The smallest absolute Gasteiger partial charge is 0.326 e. The molecule has 0 saturated carbocycles. The van der Waals surface area contributed by atoms with Crippen LogP contribution in [-0.4, -0.2) is 35.0 Å². The van der Waals surface area contributed by atoms with E-state index in [-0.39, 0.29) is 24.5 Å². The summed E-state index contributed by atoms with van der Waals surface area (Å²) in [6, 6.07) is 0.00465. The maximum atomic E-state index is 11.5. The van der Waals surface area contributed by atoms with Gasteiger partial charge >= 0.3 is 5.97 Å². The summed E-state index contributed by atoms with van der Waals surface area (Å²) < 4.78 is 5.13. The minimum Gasteiger partial charge on any atom is -0.459 e. The average Bonchev–Trinajstić information content (AvgIpc) is 2.11. The third-order valence-corrected chi connectivity index (χ3v) is 2.24. The second-order valence-corrected chi connectivity index (χ2v) is 4.87. The zero-order valence-corrected chi connectivity index (χ0v) is 9.95. The van der Waals surface area contributed by atoms with Crippen molar-refractivity contribution in [2.75, 3.05) is 6.54 Å². The Morgan fingerprint density at radius 3 is 2.69 bits per heavy atom. The molecule has 4 heteroatoms. The third-order valence-electron chi connectivity index (χ3n) is 2.24. The summed E-state index contributed by atoms with van der Waals surface area (Å²) in [4.78, 5) is 24.2. The molecule has 0 bridgehead atoms. The Labute approximate surface area is 95.9 Å². The lowest BCUT2D eigenvalue weighted by Crippen LogP contribution is -2.54. The molecule has 0 aromatic rings. The number of likely N-dealkylation sites (tertiary alicyclic amines) is 1. The van der Waals surface area contributed by atoms with Crippen molar-refractivity contribution in [2.24, 2.45) is 0 Å². The molecule has 1 aliphatic heterocycles. The van der Waals surface area contributed by atoms with Crippen molar-refractivity contribution in [3.05, 3.63) is 0 Å². The van der Waals surface area contributed by atoms with Gasteiger partial charge in [0.05, 0.1) is 6.04 Å². The quantitative estimate of drug-likeness (QED) is 0.406. The van der Waals surface area contributed by atoms with Crippen LogP contribution in [0.4, 0.5) is 0 Å². The van der Waals surface area contributed by atoms with Crippen molar-refractivity contribution < 1.29 is 14.3 Å². The minimum absolute atomic E-state index is 0.00243. The molecule has 0 N–H and O–H groups in total. The van der Waals surface area contributed by atoms with Gasteiger partial charge in [-0.15, -0.1) is 12.3 Å². The van der Waals surface area contributed by atoms with Gasteiger partial charge < -0.3 is 9.64 Å². The van der Waals surface area contributed by atoms with Crippen LogP contribution >= 0.6 is 0 Å². The van der Waals surface area contributed by atoms with E-state index >= 15 is 0 Å². The molecule has 4 nitrogen and oxygen atoms in total. The van der Waals surface area contributed by atoms with Gasteiger partial charge in [-0.2, -0.15) is 0 Å². The summed E-state index contributed by atoms with van der Waals surface area (Å²) in [6.45, 7) is 5.38. The highest BCUT2D eigenvalue weighted by molar-refractivity contribution is 5.87. The number of ether oxygens (including phenoxy) is 1. The summed E-state index contributed by atoms with van der Waals surface area (Å²) >= 11 is 0. The van der Waals surface area contributed by atoms with E-state index in [2.05, 4.69) is 5.92 Å². The van der Waals surface area contributed by atoms with Gasteiger partial charge in [0.15, 0.2) is 0 Å². The molecular weight excluding hydrogens is 206 g/mol. The van der Waals surface area contributed by atoms with E-state index < -0.39 is 5.60 Å². The van der Waals surface area contributed by atoms with E-state index in [0.717, 1.165) is 0 Å². The number of hydrogen-bond donors (Lipinski definition) is 0. The zero-order chi connectivity index (χ0) is 12.3. The fourth-order valence-corrected chi connectivity index (χ4v) is 1.57. The Hall–Kier alpha value is -1.50. The fraction of sp³-hybridized carbons (Fsp3) is 0.667. The highest BCUT2D eigenvalue weighted by atomic mass is 16.6. The lowest BCUT2D eigenvalue weighted by Gasteiger charge is -2.39. The monoisotopic (exact) mass is 223 g/mol. The van der Waals surface area contributed by atoms with Gasteiger partial charge in [-0.25, -0.2) is 0 Å². The van der Waals surface area contributed by atoms with E-state index in [4.69, 9.17) is 11.2 Å². The summed E-state index contributed by atoms with van der Waals surface area (Å²) in [6.07, 6.45) is 6.11. The molecule has 88 valence electrons. The van der Waals surface area contributed by atoms with Crippen molar-refractivity contribution in [2.45, 2.75) is 45.3 Å². The van der Waals surface area contributed by atoms with Crippen molar-refractivity contribution >= 4 is 11.9 Å². The number of β-lactam (4-membered cyclic amide) rings is 1. The van der Waals surface area contributed by atoms with E-state index in [0.29, 0.717) is 12.8 Å². The van der Waals surface area contributed by atoms with Gasteiger partial charge in [-0.1, -0.05) is 0 Å². The maximum Gasteiger partial charge on any atom is 0.326 e. The first-order chi connectivity index (χ1) is 7.33. The van der Waals surface area contributed by atoms with Gasteiger partial charge in [0.2, 0.25) is 5.91 Å². The molecule has 1 rings (SSSR count). The zero-order valence-electron chi connectivity index (χ0n) is 9.95. The first-order valence-corrected chi connectivity index (χ1v) is 5.28. The predicted molar refractivity (Wildman–Crippen MR) is 59.4 cm³/mol. The summed E-state index contributed by atoms with van der Waals surface area (Å²) in [7, 11) is 0. The Kier molecular flexibility index (Phi) is 3.58. The third kappa shape index (κ3) is 3.27. The van der Waals surface area contributed by atoms with E-state index in [9.17, 15) is 9.59 Å². The standard InChI is InChI=1S/C12H17NO3/c1-5-6-9-7-10(14)13(9)8-11(15)16-12(2,3)4/h1,9H,6-8H2,2-4H3. The van der Waals surface area contributed by atoms with Crippen LogP contribution in [0.2, 0.25) is 0 Å². The molecule has 0 aliphatic carbocycles. The number of amides is 1. The van der Waals surface area contributed by atoms with Crippen molar-refractivity contribution in [1.82, 2.24) is 4.90 Å². The highest BCUT2D eigenvalue weighted by Gasteiger charge is 2.37. The maximum absolute atomic E-state index is 11.5. The van der Waals surface area contributed by atoms with Crippen molar-refractivity contribution in [3.63, 3.8) is 0 Å². The number of terminal acetylenes is 1. The van der Waals surface area contributed by atoms with Crippen LogP contribution in [-0.2, 0) is 14.3 Å². The molecule has 1 unspecified atom stereocenters. The molecule has 16 heavy (non-hydrogen) atoms. The number of carbonyl (C=O) groups excluding carboxylic acids is 2. The van der Waals surface area contributed by atoms with Gasteiger partial charge in [0.1, 0.15) is 12.1 Å². The Balaban J connectivity index is 2.45. The summed E-state index contributed by atoms with van der Waals surface area (Å²) in [5, 5.41) is 0. The molecule has 1 saturated heterocycles. The summed E-state index contributed by atoms with van der Waals surface area (Å²) in [5.74, 6) is 2.07. The molecule has 0 spiro atoms. The van der Waals surface area contributed by atoms with Gasteiger partial charge in [0, 0.05) is 12.8 Å². The SMILES string of the molecule is C#CCC1CC(=O)N1CC(=O)OC(C)(C)C. The molecule has 0 aromatic carbocycles. The van der Waals surface area contributed by atoms with Crippen molar-refractivity contribution in [1.29, 1.82) is 0 Å². The first-order valence-electron chi connectivity index (χ1n) is 5.28. The van der Waals surface area contributed by atoms with Crippen LogP contribution in [0.1, 0.15) is 33.6 Å². The summed E-state index contributed by atoms with van der Waals surface area (Å²) in [5.41, 5.74) is -0.521.